The first-order valence-corrected chi connectivity index (χ1v) is 9.10. The second-order valence-electron chi connectivity index (χ2n) is 6.35. The average Bonchev–Trinajstić information content (AvgIpc) is 3.23. The van der Waals surface area contributed by atoms with Crippen molar-refractivity contribution in [1.29, 1.82) is 0 Å². The number of thiophene rings is 1. The normalized spacial score (nSPS) is 17.0. The van der Waals surface area contributed by atoms with Crippen molar-refractivity contribution in [3.8, 4) is 5.75 Å². The van der Waals surface area contributed by atoms with Crippen LogP contribution in [0.3, 0.4) is 0 Å². The highest BCUT2D eigenvalue weighted by Crippen LogP contribution is 2.34. The van der Waals surface area contributed by atoms with Crippen LogP contribution in [0.1, 0.15) is 16.9 Å². The Bertz CT molecular complexity index is 773. The molecule has 0 radical (unpaired) electrons. The van der Waals surface area contributed by atoms with Crippen LogP contribution >= 0.6 is 11.3 Å². The van der Waals surface area contributed by atoms with Crippen molar-refractivity contribution in [2.24, 2.45) is 5.92 Å². The van der Waals surface area contributed by atoms with Crippen LogP contribution in [-0.4, -0.2) is 37.4 Å². The number of anilines is 1. The van der Waals surface area contributed by atoms with E-state index in [0.29, 0.717) is 18.8 Å². The molecule has 0 spiro atoms. The second kappa shape index (κ2) is 7.27. The molecule has 3 rings (SSSR count). The number of carbonyl (C=O) groups excluding carboxylic acids is 2. The molecule has 1 aromatic heterocycles. The largest absolute Gasteiger partial charge is 0.495 e. The maximum atomic E-state index is 12.7. The molecule has 1 aromatic carbocycles. The second-order valence-corrected chi connectivity index (χ2v) is 7.39. The molecule has 1 aliphatic heterocycles. The highest BCUT2D eigenvalue weighted by atomic mass is 32.1. The van der Waals surface area contributed by atoms with E-state index < -0.39 is 0 Å². The Hall–Kier alpha value is -2.34. The van der Waals surface area contributed by atoms with Gasteiger partial charge in [0, 0.05) is 24.9 Å². The van der Waals surface area contributed by atoms with Crippen LogP contribution in [0.4, 0.5) is 5.69 Å². The zero-order chi connectivity index (χ0) is 18.0. The summed E-state index contributed by atoms with van der Waals surface area (Å²) in [5.41, 5.74) is 1.79. The molecule has 5 nitrogen and oxygen atoms in total. The Morgan fingerprint density at radius 2 is 2.20 bits per heavy atom. The summed E-state index contributed by atoms with van der Waals surface area (Å²) in [5.74, 6) is 0.310. The van der Waals surface area contributed by atoms with Crippen LogP contribution in [0, 0.1) is 12.8 Å². The number of benzene rings is 1. The first kappa shape index (κ1) is 17.5. The van der Waals surface area contributed by atoms with E-state index in [4.69, 9.17) is 4.74 Å². The molecule has 0 aliphatic carbocycles. The minimum Gasteiger partial charge on any atom is -0.495 e. The first-order valence-electron chi connectivity index (χ1n) is 8.22. The van der Waals surface area contributed by atoms with Crippen LogP contribution in [0.2, 0.25) is 0 Å². The molecule has 2 amide bonds. The number of nitrogens with zero attached hydrogens (tertiary/aromatic N) is 2. The van der Waals surface area contributed by atoms with Gasteiger partial charge in [-0.1, -0.05) is 12.1 Å². The quantitative estimate of drug-likeness (QED) is 0.825. The smallest absolute Gasteiger partial charge is 0.228 e. The fourth-order valence-electron chi connectivity index (χ4n) is 3.14. The van der Waals surface area contributed by atoms with E-state index in [-0.39, 0.29) is 24.2 Å². The van der Waals surface area contributed by atoms with Crippen molar-refractivity contribution in [3.63, 3.8) is 0 Å². The zero-order valence-corrected chi connectivity index (χ0v) is 15.5. The lowest BCUT2D eigenvalue weighted by atomic mass is 10.1. The molecule has 0 saturated carbocycles. The summed E-state index contributed by atoms with van der Waals surface area (Å²) in [6, 6.07) is 9.72. The molecule has 1 aliphatic rings. The lowest BCUT2D eigenvalue weighted by Crippen LogP contribution is -2.34. The lowest BCUT2D eigenvalue weighted by Gasteiger charge is -2.22. The third-order valence-electron chi connectivity index (χ3n) is 4.45. The number of rotatable bonds is 5. The summed E-state index contributed by atoms with van der Waals surface area (Å²) in [7, 11) is 3.38. The summed E-state index contributed by atoms with van der Waals surface area (Å²) in [6.45, 7) is 2.95. The summed E-state index contributed by atoms with van der Waals surface area (Å²) < 4.78 is 5.39. The third-order valence-corrected chi connectivity index (χ3v) is 5.31. The van der Waals surface area contributed by atoms with Crippen molar-refractivity contribution < 1.29 is 14.3 Å². The van der Waals surface area contributed by atoms with Crippen molar-refractivity contribution in [1.82, 2.24) is 4.90 Å². The number of methoxy groups -OCH3 is 1. The minimum atomic E-state index is -0.317. The predicted molar refractivity (Wildman–Crippen MR) is 99.0 cm³/mol. The monoisotopic (exact) mass is 358 g/mol. The predicted octanol–water partition coefficient (Wildman–Crippen LogP) is 3.08. The molecule has 1 atom stereocenters. The molecular weight excluding hydrogens is 336 g/mol. The minimum absolute atomic E-state index is 0.0101. The number of carbonyl (C=O) groups is 2. The topological polar surface area (TPSA) is 49.9 Å². The summed E-state index contributed by atoms with van der Waals surface area (Å²) in [4.78, 5) is 29.8. The van der Waals surface area contributed by atoms with E-state index in [9.17, 15) is 9.59 Å². The Morgan fingerprint density at radius 3 is 2.88 bits per heavy atom. The van der Waals surface area contributed by atoms with Gasteiger partial charge in [-0.2, -0.15) is 0 Å². The van der Waals surface area contributed by atoms with E-state index in [1.54, 1.807) is 35.3 Å². The molecule has 1 unspecified atom stereocenters. The van der Waals surface area contributed by atoms with Crippen molar-refractivity contribution in [2.75, 3.05) is 25.6 Å². The van der Waals surface area contributed by atoms with E-state index in [0.717, 1.165) is 16.1 Å². The van der Waals surface area contributed by atoms with E-state index in [2.05, 4.69) is 0 Å². The van der Waals surface area contributed by atoms with Crippen molar-refractivity contribution >= 4 is 28.8 Å². The highest BCUT2D eigenvalue weighted by Gasteiger charge is 2.37. The Kier molecular flexibility index (Phi) is 5.08. The maximum absolute atomic E-state index is 12.7. The molecule has 2 aromatic rings. The number of aryl methyl sites for hydroxylation is 1. The Labute approximate surface area is 151 Å². The molecule has 0 bridgehead atoms. The van der Waals surface area contributed by atoms with Crippen LogP contribution in [0.15, 0.2) is 35.7 Å². The highest BCUT2D eigenvalue weighted by molar-refractivity contribution is 7.09. The zero-order valence-electron chi connectivity index (χ0n) is 14.7. The van der Waals surface area contributed by atoms with Gasteiger partial charge < -0.3 is 14.5 Å². The van der Waals surface area contributed by atoms with Crippen molar-refractivity contribution in [2.45, 2.75) is 19.9 Å². The fourth-order valence-corrected chi connectivity index (χ4v) is 3.90. The third kappa shape index (κ3) is 3.69. The van der Waals surface area contributed by atoms with Gasteiger partial charge in [0.15, 0.2) is 0 Å². The number of hydrogen-bond donors (Lipinski definition) is 0. The molecule has 25 heavy (non-hydrogen) atoms. The van der Waals surface area contributed by atoms with Gasteiger partial charge in [0.25, 0.3) is 0 Å². The lowest BCUT2D eigenvalue weighted by molar-refractivity contribution is -0.135. The van der Waals surface area contributed by atoms with Gasteiger partial charge in [0.1, 0.15) is 5.75 Å². The molecule has 0 N–H and O–H groups in total. The van der Waals surface area contributed by atoms with Gasteiger partial charge in [0.2, 0.25) is 11.8 Å². The average molecular weight is 358 g/mol. The summed E-state index contributed by atoms with van der Waals surface area (Å²) in [5, 5.41) is 2.00. The SMILES string of the molecule is COc1ccc(C)cc1N1CC(C(=O)N(C)Cc2cccs2)CC1=O. The van der Waals surface area contributed by atoms with Crippen LogP contribution in [0.25, 0.3) is 0 Å². The van der Waals surface area contributed by atoms with Gasteiger partial charge >= 0.3 is 0 Å². The molecule has 2 heterocycles. The van der Waals surface area contributed by atoms with Crippen molar-refractivity contribution in [3.05, 3.63) is 46.2 Å². The molecule has 1 saturated heterocycles. The van der Waals surface area contributed by atoms with Gasteiger partial charge in [0.05, 0.1) is 25.3 Å². The van der Waals surface area contributed by atoms with E-state index >= 15 is 0 Å². The van der Waals surface area contributed by atoms with Gasteiger partial charge in [-0.3, -0.25) is 9.59 Å². The molecule has 6 heteroatoms. The standard InChI is InChI=1S/C19H22N2O3S/c1-13-6-7-17(24-3)16(9-13)21-11-14(10-18(21)22)19(23)20(2)12-15-5-4-8-25-15/h4-9,14H,10-12H2,1-3H3. The molecular formula is C19H22N2O3S. The maximum Gasteiger partial charge on any atom is 0.228 e. The van der Waals surface area contributed by atoms with Gasteiger partial charge in [-0.05, 0) is 36.1 Å². The number of ether oxygens (including phenoxy) is 1. The van der Waals surface area contributed by atoms with Crippen LogP contribution in [-0.2, 0) is 16.1 Å². The van der Waals surface area contributed by atoms with Gasteiger partial charge in [-0.15, -0.1) is 11.3 Å². The Balaban J connectivity index is 1.74. The van der Waals surface area contributed by atoms with Crippen LogP contribution < -0.4 is 9.64 Å². The summed E-state index contributed by atoms with van der Waals surface area (Å²) >= 11 is 1.63. The molecule has 132 valence electrons. The molecule has 1 fully saturated rings. The van der Waals surface area contributed by atoms with Crippen LogP contribution in [0.5, 0.6) is 5.75 Å². The number of hydrogen-bond acceptors (Lipinski definition) is 4. The van der Waals surface area contributed by atoms with E-state index in [1.807, 2.05) is 42.6 Å². The van der Waals surface area contributed by atoms with E-state index in [1.165, 1.54) is 0 Å². The first-order chi connectivity index (χ1) is 12.0. The summed E-state index contributed by atoms with van der Waals surface area (Å²) in [6.07, 6.45) is 0.241. The van der Waals surface area contributed by atoms with Gasteiger partial charge in [-0.25, -0.2) is 0 Å². The Morgan fingerprint density at radius 1 is 1.40 bits per heavy atom. The fraction of sp³-hybridized carbons (Fsp3) is 0.368. The number of amides is 2.